The molecule has 1 aromatic rings. The molecule has 0 saturated heterocycles. The third kappa shape index (κ3) is 3.32. The van der Waals surface area contributed by atoms with Crippen LogP contribution in [0.5, 0.6) is 0 Å². The van der Waals surface area contributed by atoms with Crippen LogP contribution < -0.4 is 5.73 Å². The van der Waals surface area contributed by atoms with Gasteiger partial charge in [-0.05, 0) is 76.2 Å². The molecule has 2 N–H and O–H groups in total. The van der Waals surface area contributed by atoms with Gasteiger partial charge in [-0.3, -0.25) is 4.90 Å². The molecule has 0 radical (unpaired) electrons. The Hall–Kier alpha value is -0.860. The van der Waals surface area contributed by atoms with E-state index < -0.39 is 0 Å². The summed E-state index contributed by atoms with van der Waals surface area (Å²) in [6, 6.07) is 5.78. The average Bonchev–Trinajstić information content (AvgIpc) is 2.86. The molecule has 1 fully saturated rings. The molecular weight excluding hydrogens is 256 g/mol. The van der Waals surface area contributed by atoms with Crippen LogP contribution in [-0.2, 0) is 0 Å². The zero-order valence-electron chi connectivity index (χ0n) is 14.4. The van der Waals surface area contributed by atoms with Crippen LogP contribution in [-0.4, -0.2) is 24.0 Å². The zero-order valence-corrected chi connectivity index (χ0v) is 14.4. The first-order valence-electron chi connectivity index (χ1n) is 8.53. The molecule has 1 aliphatic carbocycles. The van der Waals surface area contributed by atoms with Gasteiger partial charge in [0.2, 0.25) is 0 Å². The van der Waals surface area contributed by atoms with E-state index in [2.05, 4.69) is 51.7 Å². The van der Waals surface area contributed by atoms with Gasteiger partial charge in [0.15, 0.2) is 0 Å². The molecule has 3 unspecified atom stereocenters. The first kappa shape index (κ1) is 16.5. The fourth-order valence-electron chi connectivity index (χ4n) is 4.54. The highest BCUT2D eigenvalue weighted by molar-refractivity contribution is 5.39. The zero-order chi connectivity index (χ0) is 15.6. The number of aryl methyl sites for hydroxylation is 3. The highest BCUT2D eigenvalue weighted by Gasteiger charge is 2.33. The van der Waals surface area contributed by atoms with Crippen molar-refractivity contribution in [1.29, 1.82) is 0 Å². The van der Waals surface area contributed by atoms with Gasteiger partial charge in [0.25, 0.3) is 0 Å². The van der Waals surface area contributed by atoms with Crippen molar-refractivity contribution in [2.45, 2.75) is 66.0 Å². The maximum Gasteiger partial charge on any atom is 0.0328 e. The van der Waals surface area contributed by atoms with E-state index in [0.29, 0.717) is 18.0 Å². The van der Waals surface area contributed by atoms with Gasteiger partial charge in [0, 0.05) is 12.1 Å². The van der Waals surface area contributed by atoms with E-state index in [4.69, 9.17) is 5.73 Å². The number of rotatable bonds is 5. The van der Waals surface area contributed by atoms with Gasteiger partial charge in [-0.2, -0.15) is 0 Å². The van der Waals surface area contributed by atoms with Crippen LogP contribution in [0.2, 0.25) is 0 Å². The lowest BCUT2D eigenvalue weighted by Gasteiger charge is -2.38. The Morgan fingerprint density at radius 1 is 1.19 bits per heavy atom. The van der Waals surface area contributed by atoms with Crippen molar-refractivity contribution >= 4 is 0 Å². The fourth-order valence-corrected chi connectivity index (χ4v) is 4.54. The van der Waals surface area contributed by atoms with Gasteiger partial charge in [0.05, 0.1) is 0 Å². The highest BCUT2D eigenvalue weighted by Crippen LogP contribution is 2.36. The molecule has 3 atom stereocenters. The van der Waals surface area contributed by atoms with Crippen molar-refractivity contribution in [3.8, 4) is 0 Å². The summed E-state index contributed by atoms with van der Waals surface area (Å²) in [5.74, 6) is 0.679. The molecule has 21 heavy (non-hydrogen) atoms. The second-order valence-corrected chi connectivity index (χ2v) is 6.81. The SMILES string of the molecule is CCN(C(C)c1c(C)cc(C)cc1C)C1CCCC1CN. The minimum Gasteiger partial charge on any atom is -0.330 e. The van der Waals surface area contributed by atoms with E-state index in [1.165, 1.54) is 41.5 Å². The van der Waals surface area contributed by atoms with Crippen molar-refractivity contribution in [2.75, 3.05) is 13.1 Å². The van der Waals surface area contributed by atoms with Gasteiger partial charge >= 0.3 is 0 Å². The predicted molar refractivity (Wildman–Crippen MR) is 91.6 cm³/mol. The standard InChI is InChI=1S/C19H32N2/c1-6-21(18-9-7-8-17(18)12-20)16(5)19-14(3)10-13(2)11-15(19)4/h10-11,16-18H,6-9,12,20H2,1-5H3. The van der Waals surface area contributed by atoms with E-state index in [1.54, 1.807) is 0 Å². The molecule has 2 nitrogen and oxygen atoms in total. The third-order valence-electron chi connectivity index (χ3n) is 5.37. The Balaban J connectivity index is 2.30. The van der Waals surface area contributed by atoms with Crippen molar-refractivity contribution in [1.82, 2.24) is 4.90 Å². The average molecular weight is 288 g/mol. The summed E-state index contributed by atoms with van der Waals surface area (Å²) in [7, 11) is 0. The molecule has 0 amide bonds. The maximum atomic E-state index is 6.01. The first-order chi connectivity index (χ1) is 9.99. The van der Waals surface area contributed by atoms with Crippen molar-refractivity contribution < 1.29 is 0 Å². The van der Waals surface area contributed by atoms with E-state index in [-0.39, 0.29) is 0 Å². The Morgan fingerprint density at radius 2 is 1.81 bits per heavy atom. The molecule has 0 bridgehead atoms. The van der Waals surface area contributed by atoms with Crippen molar-refractivity contribution in [3.05, 3.63) is 34.4 Å². The molecule has 0 heterocycles. The number of benzene rings is 1. The molecule has 2 heteroatoms. The second kappa shape index (κ2) is 6.93. The number of nitrogens with two attached hydrogens (primary N) is 1. The fraction of sp³-hybridized carbons (Fsp3) is 0.684. The summed E-state index contributed by atoms with van der Waals surface area (Å²) in [6.45, 7) is 13.3. The van der Waals surface area contributed by atoms with Gasteiger partial charge in [0.1, 0.15) is 0 Å². The third-order valence-corrected chi connectivity index (χ3v) is 5.37. The molecule has 0 aliphatic heterocycles. The van der Waals surface area contributed by atoms with Crippen LogP contribution in [0.1, 0.15) is 61.4 Å². The summed E-state index contributed by atoms with van der Waals surface area (Å²) in [6.07, 6.45) is 3.95. The maximum absolute atomic E-state index is 6.01. The molecule has 118 valence electrons. The minimum absolute atomic E-state index is 0.479. The summed E-state index contributed by atoms with van der Waals surface area (Å²) in [4.78, 5) is 2.69. The molecule has 1 aliphatic rings. The predicted octanol–water partition coefficient (Wildman–Crippen LogP) is 4.12. The second-order valence-electron chi connectivity index (χ2n) is 6.81. The van der Waals surface area contributed by atoms with Crippen LogP contribution in [0.4, 0.5) is 0 Å². The highest BCUT2D eigenvalue weighted by atomic mass is 15.2. The summed E-state index contributed by atoms with van der Waals surface area (Å²) in [5.41, 5.74) is 11.8. The number of nitrogens with zero attached hydrogens (tertiary/aromatic N) is 1. The lowest BCUT2D eigenvalue weighted by Crippen LogP contribution is -2.42. The van der Waals surface area contributed by atoms with Crippen molar-refractivity contribution in [3.63, 3.8) is 0 Å². The molecular formula is C19H32N2. The Morgan fingerprint density at radius 3 is 2.33 bits per heavy atom. The summed E-state index contributed by atoms with van der Waals surface area (Å²) < 4.78 is 0. The van der Waals surface area contributed by atoms with Crippen LogP contribution in [0, 0.1) is 26.7 Å². The Kier molecular flexibility index (Phi) is 5.45. The first-order valence-corrected chi connectivity index (χ1v) is 8.53. The van der Waals surface area contributed by atoms with Gasteiger partial charge < -0.3 is 5.73 Å². The molecule has 1 saturated carbocycles. The van der Waals surface area contributed by atoms with Gasteiger partial charge in [-0.25, -0.2) is 0 Å². The van der Waals surface area contributed by atoms with Crippen molar-refractivity contribution in [2.24, 2.45) is 11.7 Å². The van der Waals surface area contributed by atoms with E-state index in [0.717, 1.165) is 13.1 Å². The number of hydrogen-bond acceptors (Lipinski definition) is 2. The quantitative estimate of drug-likeness (QED) is 0.883. The lowest BCUT2D eigenvalue weighted by atomic mass is 9.91. The largest absolute Gasteiger partial charge is 0.330 e. The van der Waals surface area contributed by atoms with Crippen LogP contribution in [0.15, 0.2) is 12.1 Å². The van der Waals surface area contributed by atoms with E-state index in [9.17, 15) is 0 Å². The van der Waals surface area contributed by atoms with Crippen LogP contribution >= 0.6 is 0 Å². The van der Waals surface area contributed by atoms with E-state index in [1.807, 2.05) is 0 Å². The number of hydrogen-bond donors (Lipinski definition) is 1. The molecule has 2 rings (SSSR count). The minimum atomic E-state index is 0.479. The lowest BCUT2D eigenvalue weighted by molar-refractivity contribution is 0.122. The normalized spacial score (nSPS) is 23.8. The monoisotopic (exact) mass is 288 g/mol. The summed E-state index contributed by atoms with van der Waals surface area (Å²) in [5, 5.41) is 0. The molecule has 0 spiro atoms. The van der Waals surface area contributed by atoms with Crippen LogP contribution in [0.3, 0.4) is 0 Å². The van der Waals surface area contributed by atoms with Crippen LogP contribution in [0.25, 0.3) is 0 Å². The topological polar surface area (TPSA) is 29.3 Å². The van der Waals surface area contributed by atoms with Gasteiger partial charge in [-0.15, -0.1) is 0 Å². The Bertz CT molecular complexity index is 457. The Labute approximate surface area is 130 Å². The smallest absolute Gasteiger partial charge is 0.0328 e. The molecule has 0 aromatic heterocycles. The van der Waals surface area contributed by atoms with E-state index >= 15 is 0 Å². The van der Waals surface area contributed by atoms with Gasteiger partial charge in [-0.1, -0.05) is 31.0 Å². The molecule has 1 aromatic carbocycles. The summed E-state index contributed by atoms with van der Waals surface area (Å²) >= 11 is 0.